The quantitative estimate of drug-likeness (QED) is 0.369. The van der Waals surface area contributed by atoms with Gasteiger partial charge in [0.1, 0.15) is 4.32 Å². The molecule has 0 bridgehead atoms. The predicted molar refractivity (Wildman–Crippen MR) is 138 cm³/mol. The largest absolute Gasteiger partial charge is 0.490 e. The second kappa shape index (κ2) is 11.0. The fourth-order valence-corrected chi connectivity index (χ4v) is 4.83. The Kier molecular flexibility index (Phi) is 8.40. The molecule has 1 saturated heterocycles. The molecule has 0 atom stereocenters. The highest BCUT2D eigenvalue weighted by Crippen LogP contribution is 2.35. The molecule has 0 spiro atoms. The Labute approximate surface area is 208 Å². The van der Waals surface area contributed by atoms with Gasteiger partial charge in [-0.2, -0.15) is 0 Å². The predicted octanol–water partition coefficient (Wildman–Crippen LogP) is 5.67. The van der Waals surface area contributed by atoms with Crippen LogP contribution in [0.1, 0.15) is 31.9 Å². The van der Waals surface area contributed by atoms with Crippen LogP contribution >= 0.6 is 35.6 Å². The third-order valence-corrected chi connectivity index (χ3v) is 6.30. The molecule has 2 amide bonds. The average Bonchev–Trinajstić information content (AvgIpc) is 3.03. The number of halogens is 1. The zero-order chi connectivity index (χ0) is 24.1. The van der Waals surface area contributed by atoms with Crippen molar-refractivity contribution in [1.82, 2.24) is 4.90 Å². The number of hydrogen-bond acceptors (Lipinski definition) is 6. The Morgan fingerprint density at radius 3 is 2.64 bits per heavy atom. The fourth-order valence-electron chi connectivity index (χ4n) is 3.14. The zero-order valence-electron chi connectivity index (χ0n) is 18.8. The van der Waals surface area contributed by atoms with Gasteiger partial charge in [0.2, 0.25) is 0 Å². The molecule has 0 saturated carbocycles. The molecule has 0 aliphatic carbocycles. The van der Waals surface area contributed by atoms with Crippen LogP contribution in [0.15, 0.2) is 41.3 Å². The SMILES string of the molecule is CCOc1cc(/C=C2\SC(=S)N(C(C)C)C2=O)ccc1OCC(=O)Nc1cc(Cl)ccc1C. The fraction of sp³-hybridized carbons (Fsp3) is 0.292. The van der Waals surface area contributed by atoms with Crippen molar-refractivity contribution in [3.8, 4) is 11.5 Å². The van der Waals surface area contributed by atoms with Gasteiger partial charge in [-0.1, -0.05) is 47.7 Å². The van der Waals surface area contributed by atoms with Gasteiger partial charge < -0.3 is 14.8 Å². The van der Waals surface area contributed by atoms with Gasteiger partial charge in [0.15, 0.2) is 18.1 Å². The minimum absolute atomic E-state index is 0.00000676. The molecular formula is C24H25ClN2O4S2. The maximum Gasteiger partial charge on any atom is 0.266 e. The molecule has 33 heavy (non-hydrogen) atoms. The number of carbonyl (C=O) groups excluding carboxylic acids is 2. The maximum atomic E-state index is 12.7. The zero-order valence-corrected chi connectivity index (χ0v) is 21.2. The van der Waals surface area contributed by atoms with Gasteiger partial charge in [0.05, 0.1) is 11.5 Å². The highest BCUT2D eigenvalue weighted by atomic mass is 35.5. The van der Waals surface area contributed by atoms with E-state index in [-0.39, 0.29) is 24.5 Å². The van der Waals surface area contributed by atoms with E-state index < -0.39 is 0 Å². The number of amides is 2. The van der Waals surface area contributed by atoms with Crippen molar-refractivity contribution in [1.29, 1.82) is 0 Å². The van der Waals surface area contributed by atoms with Crippen LogP contribution in [0.3, 0.4) is 0 Å². The van der Waals surface area contributed by atoms with Crippen LogP contribution in [-0.4, -0.2) is 40.3 Å². The number of thiocarbonyl (C=S) groups is 1. The Morgan fingerprint density at radius 2 is 1.97 bits per heavy atom. The summed E-state index contributed by atoms with van der Waals surface area (Å²) in [6, 6.07) is 10.6. The summed E-state index contributed by atoms with van der Waals surface area (Å²) in [6.45, 7) is 7.82. The number of hydrogen-bond donors (Lipinski definition) is 1. The van der Waals surface area contributed by atoms with Crippen molar-refractivity contribution in [2.24, 2.45) is 0 Å². The smallest absolute Gasteiger partial charge is 0.266 e. The number of ether oxygens (including phenoxy) is 2. The highest BCUT2D eigenvalue weighted by Gasteiger charge is 2.33. The molecule has 2 aromatic rings. The summed E-state index contributed by atoms with van der Waals surface area (Å²) >= 11 is 12.6. The summed E-state index contributed by atoms with van der Waals surface area (Å²) in [7, 11) is 0. The van der Waals surface area contributed by atoms with Gasteiger partial charge in [-0.25, -0.2) is 0 Å². The van der Waals surface area contributed by atoms with Crippen molar-refractivity contribution in [2.45, 2.75) is 33.7 Å². The Bertz CT molecular complexity index is 1120. The highest BCUT2D eigenvalue weighted by molar-refractivity contribution is 8.26. The maximum absolute atomic E-state index is 12.7. The first kappa shape index (κ1) is 25.1. The topological polar surface area (TPSA) is 67.9 Å². The van der Waals surface area contributed by atoms with Crippen LogP contribution in [0.25, 0.3) is 6.08 Å². The van der Waals surface area contributed by atoms with Crippen LogP contribution in [0.4, 0.5) is 5.69 Å². The summed E-state index contributed by atoms with van der Waals surface area (Å²) in [6.07, 6.45) is 1.78. The molecule has 2 aromatic carbocycles. The lowest BCUT2D eigenvalue weighted by Gasteiger charge is -2.18. The number of thioether (sulfide) groups is 1. The van der Waals surface area contributed by atoms with Crippen molar-refractivity contribution in [2.75, 3.05) is 18.5 Å². The lowest BCUT2D eigenvalue weighted by Crippen LogP contribution is -2.34. The molecule has 3 rings (SSSR count). The Balaban J connectivity index is 1.72. The number of nitrogens with one attached hydrogen (secondary N) is 1. The van der Waals surface area contributed by atoms with Gasteiger partial charge in [0.25, 0.3) is 11.8 Å². The van der Waals surface area contributed by atoms with Gasteiger partial charge in [-0.15, -0.1) is 0 Å². The summed E-state index contributed by atoms with van der Waals surface area (Å²) in [5.74, 6) is 0.495. The molecular weight excluding hydrogens is 480 g/mol. The van der Waals surface area contributed by atoms with Crippen LogP contribution in [0, 0.1) is 6.92 Å². The van der Waals surface area contributed by atoms with Crippen molar-refractivity contribution < 1.29 is 19.1 Å². The molecule has 6 nitrogen and oxygen atoms in total. The van der Waals surface area contributed by atoms with E-state index in [0.717, 1.165) is 11.1 Å². The van der Waals surface area contributed by atoms with Crippen LogP contribution in [0.5, 0.6) is 11.5 Å². The lowest BCUT2D eigenvalue weighted by molar-refractivity contribution is -0.123. The van der Waals surface area contributed by atoms with E-state index in [9.17, 15) is 9.59 Å². The van der Waals surface area contributed by atoms with Gasteiger partial charge >= 0.3 is 0 Å². The molecule has 1 N–H and O–H groups in total. The Morgan fingerprint density at radius 1 is 1.21 bits per heavy atom. The lowest BCUT2D eigenvalue weighted by atomic mass is 10.1. The molecule has 1 aliphatic heterocycles. The first-order valence-electron chi connectivity index (χ1n) is 10.4. The first-order chi connectivity index (χ1) is 15.7. The summed E-state index contributed by atoms with van der Waals surface area (Å²) in [4.78, 5) is 27.2. The van der Waals surface area contributed by atoms with Crippen LogP contribution in [0.2, 0.25) is 5.02 Å². The molecule has 0 aromatic heterocycles. The number of aryl methyl sites for hydroxylation is 1. The molecule has 9 heteroatoms. The minimum atomic E-state index is -0.316. The van der Waals surface area contributed by atoms with E-state index in [1.165, 1.54) is 11.8 Å². The van der Waals surface area contributed by atoms with E-state index >= 15 is 0 Å². The van der Waals surface area contributed by atoms with Crippen LogP contribution < -0.4 is 14.8 Å². The number of nitrogens with zero attached hydrogens (tertiary/aromatic N) is 1. The van der Waals surface area contributed by atoms with E-state index in [4.69, 9.17) is 33.3 Å². The van der Waals surface area contributed by atoms with Gasteiger partial charge in [-0.05, 0) is 69.2 Å². The number of carbonyl (C=O) groups is 2. The monoisotopic (exact) mass is 504 g/mol. The number of anilines is 1. The standard InChI is InChI=1S/C24H25ClN2O4S2/c1-5-30-20-10-16(11-21-23(29)27(14(2)3)24(32)33-21)7-9-19(20)31-13-22(28)26-18-12-17(25)8-6-15(18)4/h6-12,14H,5,13H2,1-4H3,(H,26,28)/b21-11-. The second-order valence-corrected chi connectivity index (χ2v) is 9.69. The van der Waals surface area contributed by atoms with Crippen molar-refractivity contribution in [3.63, 3.8) is 0 Å². The molecule has 1 heterocycles. The van der Waals surface area contributed by atoms with Crippen LogP contribution in [-0.2, 0) is 9.59 Å². The summed E-state index contributed by atoms with van der Waals surface area (Å²) in [5, 5.41) is 3.34. The van der Waals surface area contributed by atoms with Gasteiger partial charge in [-0.3, -0.25) is 14.5 Å². The summed E-state index contributed by atoms with van der Waals surface area (Å²) in [5.41, 5.74) is 2.30. The van der Waals surface area contributed by atoms with E-state index in [1.54, 1.807) is 41.3 Å². The normalized spacial score (nSPS) is 14.8. The number of rotatable bonds is 8. The molecule has 1 aliphatic rings. The minimum Gasteiger partial charge on any atom is -0.490 e. The van der Waals surface area contributed by atoms with Gasteiger partial charge in [0, 0.05) is 16.8 Å². The first-order valence-corrected chi connectivity index (χ1v) is 12.0. The van der Waals surface area contributed by atoms with E-state index in [2.05, 4.69) is 5.32 Å². The molecule has 0 unspecified atom stereocenters. The Hall–Kier alpha value is -2.55. The van der Waals surface area contributed by atoms with E-state index in [1.807, 2.05) is 33.8 Å². The molecule has 174 valence electrons. The van der Waals surface area contributed by atoms with E-state index in [0.29, 0.717) is 38.0 Å². The molecule has 1 fully saturated rings. The molecule has 0 radical (unpaired) electrons. The third-order valence-electron chi connectivity index (χ3n) is 4.74. The third kappa shape index (κ3) is 6.28. The van der Waals surface area contributed by atoms with Crippen molar-refractivity contribution in [3.05, 3.63) is 57.5 Å². The number of benzene rings is 2. The van der Waals surface area contributed by atoms with Crippen molar-refractivity contribution >= 4 is 63.5 Å². The summed E-state index contributed by atoms with van der Waals surface area (Å²) < 4.78 is 12.0. The second-order valence-electron chi connectivity index (χ2n) is 7.58. The average molecular weight is 505 g/mol.